The van der Waals surface area contributed by atoms with Crippen molar-refractivity contribution in [2.24, 2.45) is 0 Å². The number of nitriles is 1. The molecule has 4 aromatic rings. The summed E-state index contributed by atoms with van der Waals surface area (Å²) in [7, 11) is 0. The number of benzene rings is 2. The van der Waals surface area contributed by atoms with Crippen molar-refractivity contribution in [1.29, 1.82) is 5.26 Å². The van der Waals surface area contributed by atoms with Gasteiger partial charge in [0.05, 0.1) is 34.8 Å². The van der Waals surface area contributed by atoms with E-state index in [2.05, 4.69) is 16.5 Å². The summed E-state index contributed by atoms with van der Waals surface area (Å²) < 4.78 is 7.49. The molecule has 0 radical (unpaired) electrons. The molecule has 140 valence electrons. The Labute approximate surface area is 168 Å². The molecular formula is C21H18ClN5O. The zero-order valence-corrected chi connectivity index (χ0v) is 15.9. The number of nitrogens with one attached hydrogen (secondary N) is 1. The third-order valence-electron chi connectivity index (χ3n) is 4.32. The minimum absolute atomic E-state index is 0. The molecule has 2 aromatic carbocycles. The molecule has 6 nitrogen and oxygen atoms in total. The van der Waals surface area contributed by atoms with Crippen LogP contribution in [0, 0.1) is 18.3 Å². The van der Waals surface area contributed by atoms with Crippen molar-refractivity contribution in [1.82, 2.24) is 9.61 Å². The summed E-state index contributed by atoms with van der Waals surface area (Å²) >= 11 is 0. The Morgan fingerprint density at radius 2 is 1.75 bits per heavy atom. The molecule has 0 saturated carbocycles. The lowest BCUT2D eigenvalue weighted by Gasteiger charge is -2.12. The first-order chi connectivity index (χ1) is 13.2. The van der Waals surface area contributed by atoms with Crippen LogP contribution in [0.5, 0.6) is 11.5 Å². The topological polar surface area (TPSA) is 88.4 Å². The van der Waals surface area contributed by atoms with Gasteiger partial charge in [0.1, 0.15) is 17.6 Å². The Kier molecular flexibility index (Phi) is 5.39. The minimum Gasteiger partial charge on any atom is -0.457 e. The van der Waals surface area contributed by atoms with E-state index in [4.69, 9.17) is 10.5 Å². The number of fused-ring (bicyclic) bond motifs is 1. The monoisotopic (exact) mass is 391 g/mol. The highest BCUT2D eigenvalue weighted by Crippen LogP contribution is 2.31. The largest absolute Gasteiger partial charge is 0.457 e. The van der Waals surface area contributed by atoms with Crippen LogP contribution in [-0.4, -0.2) is 9.61 Å². The van der Waals surface area contributed by atoms with E-state index in [1.165, 1.54) is 6.20 Å². The number of hydrogen-bond acceptors (Lipinski definition) is 5. The van der Waals surface area contributed by atoms with Crippen molar-refractivity contribution < 1.29 is 4.74 Å². The normalized spacial score (nSPS) is 10.1. The number of aryl methyl sites for hydroxylation is 1. The fourth-order valence-electron chi connectivity index (χ4n) is 2.89. The van der Waals surface area contributed by atoms with Crippen LogP contribution >= 0.6 is 12.4 Å². The van der Waals surface area contributed by atoms with Gasteiger partial charge in [-0.25, -0.2) is 4.52 Å². The van der Waals surface area contributed by atoms with Gasteiger partial charge >= 0.3 is 0 Å². The molecule has 0 bridgehead atoms. The maximum Gasteiger partial charge on any atom is 0.127 e. The first-order valence-corrected chi connectivity index (χ1v) is 8.42. The van der Waals surface area contributed by atoms with Crippen molar-refractivity contribution in [2.75, 3.05) is 11.1 Å². The lowest BCUT2D eigenvalue weighted by atomic mass is 10.1. The van der Waals surface area contributed by atoms with Crippen molar-refractivity contribution in [3.05, 3.63) is 78.1 Å². The summed E-state index contributed by atoms with van der Waals surface area (Å²) in [5.74, 6) is 1.51. The number of nitrogens with two attached hydrogens (primary N) is 1. The number of ether oxygens (including phenoxy) is 1. The lowest BCUT2D eigenvalue weighted by Crippen LogP contribution is -2.00. The molecule has 0 saturated heterocycles. The number of aromatic nitrogens is 2. The molecule has 0 unspecified atom stereocenters. The van der Waals surface area contributed by atoms with Gasteiger partial charge in [-0.15, -0.1) is 12.4 Å². The quantitative estimate of drug-likeness (QED) is 0.508. The molecule has 0 atom stereocenters. The third kappa shape index (κ3) is 3.56. The van der Waals surface area contributed by atoms with Crippen LogP contribution in [0.2, 0.25) is 0 Å². The minimum atomic E-state index is 0. The molecule has 0 aliphatic rings. The van der Waals surface area contributed by atoms with Crippen molar-refractivity contribution in [3.8, 4) is 17.6 Å². The Morgan fingerprint density at radius 3 is 2.43 bits per heavy atom. The average Bonchev–Trinajstić information content (AvgIpc) is 2.99. The summed E-state index contributed by atoms with van der Waals surface area (Å²) in [6.45, 7) is 1.91. The third-order valence-corrected chi connectivity index (χ3v) is 4.32. The predicted octanol–water partition coefficient (Wildman–Crippen LogP) is 5.05. The fourth-order valence-corrected chi connectivity index (χ4v) is 2.89. The van der Waals surface area contributed by atoms with Crippen LogP contribution in [-0.2, 0) is 0 Å². The summed E-state index contributed by atoms with van der Waals surface area (Å²) in [5, 5.41) is 17.0. The lowest BCUT2D eigenvalue weighted by molar-refractivity contribution is 0.483. The van der Waals surface area contributed by atoms with Gasteiger partial charge in [-0.2, -0.15) is 10.4 Å². The van der Waals surface area contributed by atoms with Gasteiger partial charge < -0.3 is 15.8 Å². The second kappa shape index (κ2) is 7.91. The van der Waals surface area contributed by atoms with Crippen LogP contribution in [0.4, 0.5) is 17.1 Å². The summed E-state index contributed by atoms with van der Waals surface area (Å²) in [5.41, 5.74) is 10.3. The van der Waals surface area contributed by atoms with Crippen molar-refractivity contribution >= 4 is 35.0 Å². The van der Waals surface area contributed by atoms with E-state index >= 15 is 0 Å². The second-order valence-corrected chi connectivity index (χ2v) is 6.11. The average molecular weight is 392 g/mol. The number of nitrogen functional groups attached to an aromatic ring is 1. The van der Waals surface area contributed by atoms with Crippen LogP contribution in [0.1, 0.15) is 11.1 Å². The maximum absolute atomic E-state index is 9.47. The van der Waals surface area contributed by atoms with Crippen LogP contribution in [0.25, 0.3) is 5.52 Å². The number of anilines is 3. The van der Waals surface area contributed by atoms with Gasteiger partial charge in [-0.1, -0.05) is 18.2 Å². The number of para-hydroxylation sites is 1. The molecule has 2 heterocycles. The molecule has 3 N–H and O–H groups in total. The summed E-state index contributed by atoms with van der Waals surface area (Å²) in [4.78, 5) is 0. The summed E-state index contributed by atoms with van der Waals surface area (Å²) in [6.07, 6.45) is 3.27. The molecule has 28 heavy (non-hydrogen) atoms. The standard InChI is InChI=1S/C21H17N5O.ClH/c1-14-19(23)13-26-21(14)20(15(11-22)12-24-26)25-16-7-9-18(10-8-16)27-17-5-3-2-4-6-17;/h2-10,12-13,25H,23H2,1H3;1H. The Hall–Kier alpha value is -3.69. The van der Waals surface area contributed by atoms with E-state index in [0.29, 0.717) is 16.9 Å². The predicted molar refractivity (Wildman–Crippen MR) is 113 cm³/mol. The number of nitrogens with zero attached hydrogens (tertiary/aromatic N) is 3. The highest BCUT2D eigenvalue weighted by molar-refractivity contribution is 5.87. The van der Waals surface area contributed by atoms with E-state index in [1.807, 2.05) is 61.5 Å². The van der Waals surface area contributed by atoms with E-state index in [9.17, 15) is 5.26 Å². The number of rotatable bonds is 4. The first-order valence-electron chi connectivity index (χ1n) is 8.42. The molecule has 0 fully saturated rings. The zero-order valence-electron chi connectivity index (χ0n) is 15.1. The van der Waals surface area contributed by atoms with Crippen LogP contribution < -0.4 is 15.8 Å². The van der Waals surface area contributed by atoms with Crippen LogP contribution in [0.15, 0.2) is 67.0 Å². The van der Waals surface area contributed by atoms with E-state index < -0.39 is 0 Å². The zero-order chi connectivity index (χ0) is 18.8. The Balaban J connectivity index is 0.00000225. The number of halogens is 1. The molecular weight excluding hydrogens is 374 g/mol. The molecule has 2 aromatic heterocycles. The van der Waals surface area contributed by atoms with Crippen molar-refractivity contribution in [2.45, 2.75) is 6.92 Å². The smallest absolute Gasteiger partial charge is 0.127 e. The Morgan fingerprint density at radius 1 is 1.07 bits per heavy atom. The van der Waals surface area contributed by atoms with Gasteiger partial charge in [0.2, 0.25) is 0 Å². The van der Waals surface area contributed by atoms with Gasteiger partial charge in [-0.3, -0.25) is 0 Å². The van der Waals surface area contributed by atoms with Crippen LogP contribution in [0.3, 0.4) is 0 Å². The molecule has 0 aliphatic heterocycles. The molecule has 7 heteroatoms. The first kappa shape index (κ1) is 19.1. The van der Waals surface area contributed by atoms with Crippen molar-refractivity contribution in [3.63, 3.8) is 0 Å². The van der Waals surface area contributed by atoms with E-state index in [0.717, 1.165) is 28.3 Å². The maximum atomic E-state index is 9.47. The van der Waals surface area contributed by atoms with Gasteiger partial charge in [0, 0.05) is 11.3 Å². The van der Waals surface area contributed by atoms with Gasteiger partial charge in [0.25, 0.3) is 0 Å². The second-order valence-electron chi connectivity index (χ2n) is 6.11. The summed E-state index contributed by atoms with van der Waals surface area (Å²) in [6, 6.07) is 19.3. The van der Waals surface area contributed by atoms with Gasteiger partial charge in [0.15, 0.2) is 0 Å². The molecule has 4 rings (SSSR count). The highest BCUT2D eigenvalue weighted by Gasteiger charge is 2.14. The SMILES string of the molecule is Cc1c(N)cn2ncc(C#N)c(Nc3ccc(Oc4ccccc4)cc3)c12.Cl. The fraction of sp³-hybridized carbons (Fsp3) is 0.0476. The number of hydrogen-bond donors (Lipinski definition) is 2. The molecule has 0 aliphatic carbocycles. The van der Waals surface area contributed by atoms with Gasteiger partial charge in [-0.05, 0) is 43.3 Å². The Bertz CT molecular complexity index is 1150. The van der Waals surface area contributed by atoms with E-state index in [-0.39, 0.29) is 12.4 Å². The van der Waals surface area contributed by atoms with E-state index in [1.54, 1.807) is 10.7 Å². The molecule has 0 spiro atoms. The molecule has 0 amide bonds. The highest BCUT2D eigenvalue weighted by atomic mass is 35.5.